The molecule has 0 heterocycles. The Bertz CT molecular complexity index is 419. The van der Waals surface area contributed by atoms with Gasteiger partial charge in [0, 0.05) is 10.9 Å². The summed E-state index contributed by atoms with van der Waals surface area (Å²) in [5, 5.41) is 12.6. The number of nitrogens with one attached hydrogen (secondary N) is 1. The highest BCUT2D eigenvalue weighted by Crippen LogP contribution is 2.22. The Kier molecular flexibility index (Phi) is 5.88. The summed E-state index contributed by atoms with van der Waals surface area (Å²) in [6.07, 6.45) is 3.50. The topological polar surface area (TPSA) is 49.3 Å². The molecule has 0 fully saturated rings. The third-order valence-corrected chi connectivity index (χ3v) is 4.12. The minimum atomic E-state index is -0.869. The average Bonchev–Trinajstić information content (AvgIpc) is 2.38. The minimum Gasteiger partial charge on any atom is -0.480 e. The van der Waals surface area contributed by atoms with Gasteiger partial charge >= 0.3 is 5.97 Å². The van der Waals surface area contributed by atoms with Crippen LogP contribution < -0.4 is 5.32 Å². The lowest BCUT2D eigenvalue weighted by Crippen LogP contribution is -2.50. The van der Waals surface area contributed by atoms with Crippen LogP contribution in [0.5, 0.6) is 0 Å². The van der Waals surface area contributed by atoms with E-state index in [-0.39, 0.29) is 6.04 Å². The van der Waals surface area contributed by atoms with Gasteiger partial charge < -0.3 is 5.11 Å². The van der Waals surface area contributed by atoms with E-state index in [1.165, 1.54) is 4.90 Å². The highest BCUT2D eigenvalue weighted by molar-refractivity contribution is 7.98. The number of thioether (sulfide) groups is 1. The number of carbonyl (C=O) groups is 1. The van der Waals surface area contributed by atoms with E-state index in [4.69, 9.17) is 0 Å². The van der Waals surface area contributed by atoms with E-state index in [0.29, 0.717) is 6.42 Å². The van der Waals surface area contributed by atoms with E-state index >= 15 is 0 Å². The van der Waals surface area contributed by atoms with Crippen LogP contribution in [0.3, 0.4) is 0 Å². The predicted octanol–water partition coefficient (Wildman–Crippen LogP) is 3.70. The van der Waals surface area contributed by atoms with E-state index in [9.17, 15) is 9.90 Å². The van der Waals surface area contributed by atoms with Gasteiger partial charge in [0.25, 0.3) is 0 Å². The van der Waals surface area contributed by atoms with E-state index in [0.717, 1.165) is 12.0 Å². The van der Waals surface area contributed by atoms with Crippen LogP contribution in [0.15, 0.2) is 29.2 Å². The summed E-state index contributed by atoms with van der Waals surface area (Å²) >= 11 is 1.70. The number of benzene rings is 1. The molecule has 0 radical (unpaired) electrons. The highest BCUT2D eigenvalue weighted by Gasteiger charge is 2.33. The van der Waals surface area contributed by atoms with E-state index in [1.54, 1.807) is 18.7 Å². The Morgan fingerprint density at radius 1 is 1.42 bits per heavy atom. The first-order valence-corrected chi connectivity index (χ1v) is 7.80. The summed E-state index contributed by atoms with van der Waals surface area (Å²) in [7, 11) is 0. The average molecular weight is 281 g/mol. The molecule has 1 rings (SSSR count). The lowest BCUT2D eigenvalue weighted by Gasteiger charge is -2.30. The van der Waals surface area contributed by atoms with Gasteiger partial charge in [-0.2, -0.15) is 0 Å². The maximum Gasteiger partial charge on any atom is 0.323 e. The van der Waals surface area contributed by atoms with Crippen LogP contribution in [0.4, 0.5) is 0 Å². The lowest BCUT2D eigenvalue weighted by atomic mass is 9.94. The molecule has 0 spiro atoms. The molecular weight excluding hydrogens is 258 g/mol. The summed E-state index contributed by atoms with van der Waals surface area (Å²) in [6.45, 7) is 5.76. The van der Waals surface area contributed by atoms with Crippen molar-refractivity contribution in [3.8, 4) is 0 Å². The van der Waals surface area contributed by atoms with Crippen molar-refractivity contribution in [2.24, 2.45) is 0 Å². The van der Waals surface area contributed by atoms with Gasteiger partial charge in [-0.3, -0.25) is 10.1 Å². The zero-order valence-corrected chi connectivity index (χ0v) is 12.9. The van der Waals surface area contributed by atoms with Gasteiger partial charge in [-0.25, -0.2) is 0 Å². The fourth-order valence-corrected chi connectivity index (χ4v) is 2.60. The molecule has 2 atom stereocenters. The summed E-state index contributed by atoms with van der Waals surface area (Å²) in [5.74, 6) is -0.790. The van der Waals surface area contributed by atoms with Crippen molar-refractivity contribution in [2.75, 3.05) is 6.26 Å². The summed E-state index contributed by atoms with van der Waals surface area (Å²) in [6, 6.07) is 8.25. The van der Waals surface area contributed by atoms with Gasteiger partial charge in [0.2, 0.25) is 0 Å². The predicted molar refractivity (Wildman–Crippen MR) is 80.7 cm³/mol. The summed E-state index contributed by atoms with van der Waals surface area (Å²) in [4.78, 5) is 12.6. The number of hydrogen-bond acceptors (Lipinski definition) is 3. The molecule has 0 aliphatic heterocycles. The Hall–Kier alpha value is -1.00. The summed E-state index contributed by atoms with van der Waals surface area (Å²) < 4.78 is 0. The van der Waals surface area contributed by atoms with Gasteiger partial charge in [-0.15, -0.1) is 11.8 Å². The van der Waals surface area contributed by atoms with E-state index in [2.05, 4.69) is 29.6 Å². The molecule has 19 heavy (non-hydrogen) atoms. The molecule has 0 aromatic heterocycles. The van der Waals surface area contributed by atoms with Gasteiger partial charge in [0.1, 0.15) is 5.54 Å². The first kappa shape index (κ1) is 16.1. The molecule has 0 bridgehead atoms. The molecule has 2 N–H and O–H groups in total. The fourth-order valence-electron chi connectivity index (χ4n) is 2.19. The number of carboxylic acid groups (broad SMARTS) is 1. The van der Waals surface area contributed by atoms with Crippen LogP contribution in [0.1, 0.15) is 45.2 Å². The van der Waals surface area contributed by atoms with Crippen LogP contribution in [0.25, 0.3) is 0 Å². The second-order valence-corrected chi connectivity index (χ2v) is 5.91. The maximum absolute atomic E-state index is 11.4. The van der Waals surface area contributed by atoms with Crippen molar-refractivity contribution in [3.63, 3.8) is 0 Å². The molecule has 4 heteroatoms. The molecule has 2 unspecified atom stereocenters. The largest absolute Gasteiger partial charge is 0.480 e. The van der Waals surface area contributed by atoms with E-state index in [1.807, 2.05) is 20.1 Å². The third-order valence-electron chi connectivity index (χ3n) is 3.37. The zero-order chi connectivity index (χ0) is 14.5. The second kappa shape index (κ2) is 6.96. The van der Waals surface area contributed by atoms with Crippen LogP contribution in [-0.2, 0) is 4.79 Å². The van der Waals surface area contributed by atoms with Crippen molar-refractivity contribution in [2.45, 2.75) is 50.1 Å². The van der Waals surface area contributed by atoms with Gasteiger partial charge in [-0.05, 0) is 44.2 Å². The number of carboxylic acids is 1. The van der Waals surface area contributed by atoms with Crippen LogP contribution in [0.2, 0.25) is 0 Å². The molecular formula is C15H23NO2S. The Balaban J connectivity index is 2.81. The van der Waals surface area contributed by atoms with Crippen molar-refractivity contribution in [1.29, 1.82) is 0 Å². The monoisotopic (exact) mass is 281 g/mol. The molecule has 3 nitrogen and oxygen atoms in total. The lowest BCUT2D eigenvalue weighted by molar-refractivity contribution is -0.144. The Labute approximate surface area is 119 Å². The first-order chi connectivity index (χ1) is 8.92. The Morgan fingerprint density at radius 2 is 2.00 bits per heavy atom. The van der Waals surface area contributed by atoms with Crippen molar-refractivity contribution in [3.05, 3.63) is 29.8 Å². The van der Waals surface area contributed by atoms with Crippen LogP contribution in [-0.4, -0.2) is 22.9 Å². The number of hydrogen-bond donors (Lipinski definition) is 2. The number of rotatable bonds is 7. The highest BCUT2D eigenvalue weighted by atomic mass is 32.2. The van der Waals surface area contributed by atoms with E-state index < -0.39 is 11.5 Å². The molecule has 106 valence electrons. The molecule has 0 saturated carbocycles. The van der Waals surface area contributed by atoms with Crippen molar-refractivity contribution in [1.82, 2.24) is 5.32 Å². The van der Waals surface area contributed by atoms with Gasteiger partial charge in [0.05, 0.1) is 0 Å². The first-order valence-electron chi connectivity index (χ1n) is 6.58. The van der Waals surface area contributed by atoms with Crippen LogP contribution >= 0.6 is 11.8 Å². The third kappa shape index (κ3) is 4.25. The van der Waals surface area contributed by atoms with Crippen LogP contribution in [0, 0.1) is 0 Å². The van der Waals surface area contributed by atoms with Gasteiger partial charge in [-0.1, -0.05) is 25.5 Å². The molecule has 0 saturated heterocycles. The van der Waals surface area contributed by atoms with Crippen molar-refractivity contribution < 1.29 is 9.90 Å². The smallest absolute Gasteiger partial charge is 0.323 e. The molecule has 0 aliphatic carbocycles. The quantitative estimate of drug-likeness (QED) is 0.748. The molecule has 1 aromatic carbocycles. The zero-order valence-electron chi connectivity index (χ0n) is 12.1. The maximum atomic E-state index is 11.4. The minimum absolute atomic E-state index is 0.0172. The molecule has 0 amide bonds. The Morgan fingerprint density at radius 3 is 2.42 bits per heavy atom. The summed E-state index contributed by atoms with van der Waals surface area (Å²) in [5.41, 5.74) is 0.244. The number of aliphatic carboxylic acids is 1. The van der Waals surface area contributed by atoms with Crippen molar-refractivity contribution >= 4 is 17.7 Å². The standard InChI is InChI=1S/C15H23NO2S/c1-5-10-15(3,14(17)18)16-11(2)12-6-8-13(19-4)9-7-12/h6-9,11,16H,5,10H2,1-4H3,(H,17,18). The molecule has 0 aliphatic rings. The normalized spacial score (nSPS) is 15.8. The SMILES string of the molecule is CCCC(C)(NC(C)c1ccc(SC)cc1)C(=O)O. The fraction of sp³-hybridized carbons (Fsp3) is 0.533. The van der Waals surface area contributed by atoms with Gasteiger partial charge in [0.15, 0.2) is 0 Å². The second-order valence-electron chi connectivity index (χ2n) is 5.03. The molecule has 1 aromatic rings.